The molecule has 75 heavy (non-hydrogen) atoms. The first-order chi connectivity index (χ1) is 36.7. The molecule has 2 aliphatic heterocycles. The number of oxime groups is 1. The van der Waals surface area contributed by atoms with Gasteiger partial charge in [0.25, 0.3) is 11.6 Å². The summed E-state index contributed by atoms with van der Waals surface area (Å²) in [5.74, 6) is -0.0940. The van der Waals surface area contributed by atoms with Crippen LogP contribution in [0.2, 0.25) is 0 Å². The lowest BCUT2D eigenvalue weighted by molar-refractivity contribution is -0.384. The number of nitrogens with zero attached hydrogens (tertiary/aromatic N) is 4. The number of allylic oxidation sites excluding steroid dienone is 1. The molecule has 6 atom stereocenters. The molecule has 0 saturated heterocycles. The first-order valence-corrected chi connectivity index (χ1v) is 25.5. The molecule has 4 aliphatic rings. The highest BCUT2D eigenvalue weighted by Gasteiger charge is 2.65. The third kappa shape index (κ3) is 10.5. The van der Waals surface area contributed by atoms with Gasteiger partial charge in [-0.3, -0.25) is 14.9 Å². The molecular formula is C60H58N4O11. The zero-order valence-corrected chi connectivity index (χ0v) is 41.4. The van der Waals surface area contributed by atoms with Gasteiger partial charge in [0.1, 0.15) is 29.9 Å². The van der Waals surface area contributed by atoms with Crippen LogP contribution in [-0.2, 0) is 22.7 Å². The molecule has 1 fully saturated rings. The summed E-state index contributed by atoms with van der Waals surface area (Å²) >= 11 is 0. The Bertz CT molecular complexity index is 3170. The number of benzene rings is 6. The molecule has 1 saturated carbocycles. The fourth-order valence-corrected chi connectivity index (χ4v) is 11.4. The van der Waals surface area contributed by atoms with Gasteiger partial charge >= 0.3 is 0 Å². The van der Waals surface area contributed by atoms with E-state index in [2.05, 4.69) is 30.9 Å². The van der Waals surface area contributed by atoms with Crippen molar-refractivity contribution in [3.05, 3.63) is 190 Å². The van der Waals surface area contributed by atoms with Crippen molar-refractivity contribution in [2.45, 2.75) is 75.8 Å². The standard InChI is InChI=1S/C60H58N4O11/c1-2-29-72-60-56(63(59(67)43-18-13-39(35-61)14-19-43)36-41-17-25-54-55(30-41)71-38-70-54)34-52(62-73-37-40-15-21-46(22-16-40)64(68)69)50-32-45(11-5-7-27-65)49(12-6-8-28-66)57(58(50)60)51-33-48(24-26-53(51)75-60)74-47-23-20-42-9-3-4-10-44(42)31-47/h2-4,9-10,13-26,30-33,45,49,56-58,65-66H,1,5-8,11-12,27-29,34,36-38H2/t45-,49+,56-,57+,58+,60+/m0/s1. The number of ether oxygens (including phenoxy) is 5. The van der Waals surface area contributed by atoms with Crippen molar-refractivity contribution in [2.24, 2.45) is 22.9 Å². The molecule has 0 aromatic heterocycles. The number of nitriles is 1. The maximum atomic E-state index is 15.6. The second-order valence-electron chi connectivity index (χ2n) is 19.4. The summed E-state index contributed by atoms with van der Waals surface area (Å²) in [7, 11) is 0. The molecule has 0 bridgehead atoms. The Balaban J connectivity index is 1.17. The number of hydrogen-bond donors (Lipinski definition) is 2. The summed E-state index contributed by atoms with van der Waals surface area (Å²) in [6, 6.07) is 39.4. The van der Waals surface area contributed by atoms with Crippen LogP contribution in [0, 0.1) is 39.2 Å². The van der Waals surface area contributed by atoms with Gasteiger partial charge in [0.2, 0.25) is 12.6 Å². The van der Waals surface area contributed by atoms with Crippen molar-refractivity contribution < 1.29 is 48.5 Å². The number of carbonyl (C=O) groups excluding carboxylic acids is 1. The highest BCUT2D eigenvalue weighted by Crippen LogP contribution is 2.62. The smallest absolute Gasteiger partial charge is 0.269 e. The molecule has 0 spiro atoms. The number of nitro benzene ring substituents is 1. The highest BCUT2D eigenvalue weighted by molar-refractivity contribution is 6.03. The lowest BCUT2D eigenvalue weighted by Gasteiger charge is -2.60. The monoisotopic (exact) mass is 1010 g/mol. The van der Waals surface area contributed by atoms with Gasteiger partial charge in [-0.1, -0.05) is 66.5 Å². The minimum Gasteiger partial charge on any atom is -0.459 e. The number of amides is 1. The summed E-state index contributed by atoms with van der Waals surface area (Å²) in [6.07, 6.45) is 8.18. The molecule has 384 valence electrons. The van der Waals surface area contributed by atoms with Gasteiger partial charge in [-0.25, -0.2) is 0 Å². The molecule has 2 aliphatic carbocycles. The topological polar surface area (TPSA) is 195 Å². The van der Waals surface area contributed by atoms with E-state index in [0.29, 0.717) is 64.0 Å². The maximum Gasteiger partial charge on any atom is 0.269 e. The van der Waals surface area contributed by atoms with Crippen molar-refractivity contribution in [3.63, 3.8) is 0 Å². The first kappa shape index (κ1) is 50.5. The van der Waals surface area contributed by atoms with Crippen LogP contribution < -0.4 is 18.9 Å². The molecule has 6 aromatic carbocycles. The number of carbonyl (C=O) groups is 1. The van der Waals surface area contributed by atoms with Crippen LogP contribution in [0.3, 0.4) is 0 Å². The van der Waals surface area contributed by atoms with Crippen LogP contribution in [-0.4, -0.2) is 70.1 Å². The van der Waals surface area contributed by atoms with Gasteiger partial charge in [-0.15, -0.1) is 6.58 Å². The Morgan fingerprint density at radius 3 is 2.33 bits per heavy atom. The summed E-state index contributed by atoms with van der Waals surface area (Å²) in [6.45, 7) is 4.33. The molecule has 6 aromatic rings. The summed E-state index contributed by atoms with van der Waals surface area (Å²) < 4.78 is 33.0. The van der Waals surface area contributed by atoms with Crippen LogP contribution >= 0.6 is 0 Å². The van der Waals surface area contributed by atoms with Gasteiger partial charge in [0.05, 0.1) is 34.8 Å². The Morgan fingerprint density at radius 1 is 0.853 bits per heavy atom. The first-order valence-electron chi connectivity index (χ1n) is 25.5. The van der Waals surface area contributed by atoms with Crippen molar-refractivity contribution in [3.8, 4) is 34.8 Å². The highest BCUT2D eigenvalue weighted by atomic mass is 16.7. The number of fused-ring (bicyclic) bond motifs is 4. The predicted molar refractivity (Wildman–Crippen MR) is 280 cm³/mol. The molecule has 15 nitrogen and oxygen atoms in total. The number of hydrogen-bond acceptors (Lipinski definition) is 13. The number of non-ortho nitro benzene ring substituents is 1. The van der Waals surface area contributed by atoms with Crippen LogP contribution in [0.15, 0.2) is 157 Å². The number of aliphatic hydroxyl groups is 2. The van der Waals surface area contributed by atoms with Crippen LogP contribution in [0.5, 0.6) is 28.7 Å². The minimum absolute atomic E-state index is 0.00472. The SMILES string of the molecule is C=CCO[C@@]12Oc3ccc(Oc4ccc5ccccc5c4)cc3[C@H]3[C@H](CCCCO)[C@@H](CCCCO)C=C(C(=NOCc4ccc([N+](=O)[O-])cc4)C[C@@H]1N(Cc1ccc4c(c1)OCO4)C(=O)c1ccc(C#N)cc1)[C@H]32. The minimum atomic E-state index is -1.60. The number of unbranched alkanes of at least 4 members (excludes halogenated alkanes) is 2. The van der Waals surface area contributed by atoms with Crippen LogP contribution in [0.4, 0.5) is 5.69 Å². The second kappa shape index (κ2) is 22.6. The van der Waals surface area contributed by atoms with Gasteiger partial charge in [0.15, 0.2) is 11.5 Å². The number of aliphatic hydroxyl groups excluding tert-OH is 2. The van der Waals surface area contributed by atoms with Crippen molar-refractivity contribution in [1.82, 2.24) is 4.90 Å². The van der Waals surface area contributed by atoms with E-state index in [-0.39, 0.29) is 75.5 Å². The third-order valence-electron chi connectivity index (χ3n) is 14.8. The Labute approximate surface area is 435 Å². The third-order valence-corrected chi connectivity index (χ3v) is 14.8. The Hall–Kier alpha value is -8.03. The van der Waals surface area contributed by atoms with E-state index >= 15 is 4.79 Å². The average molecular weight is 1010 g/mol. The normalized spacial score (nSPS) is 21.5. The number of nitro groups is 1. The molecule has 0 radical (unpaired) electrons. The zero-order chi connectivity index (χ0) is 51.9. The molecule has 0 unspecified atom stereocenters. The fraction of sp³-hybridized carbons (Fsp3) is 0.317. The van der Waals surface area contributed by atoms with Gasteiger partial charge in [-0.05, 0) is 144 Å². The van der Waals surface area contributed by atoms with E-state index < -0.39 is 22.7 Å². The maximum absolute atomic E-state index is 15.6. The van der Waals surface area contributed by atoms with Crippen molar-refractivity contribution in [2.75, 3.05) is 26.6 Å². The van der Waals surface area contributed by atoms with Crippen molar-refractivity contribution >= 4 is 28.1 Å². The second-order valence-corrected chi connectivity index (χ2v) is 19.4. The van der Waals surface area contributed by atoms with E-state index in [1.165, 1.54) is 12.1 Å². The molecular weight excluding hydrogens is 953 g/mol. The van der Waals surface area contributed by atoms with Crippen LogP contribution in [0.1, 0.15) is 83.5 Å². The summed E-state index contributed by atoms with van der Waals surface area (Å²) in [5.41, 5.74) is 4.37. The quantitative estimate of drug-likeness (QED) is 0.0300. The lowest BCUT2D eigenvalue weighted by Crippen LogP contribution is -2.70. The zero-order valence-electron chi connectivity index (χ0n) is 41.4. The van der Waals surface area contributed by atoms with E-state index in [4.69, 9.17) is 33.7 Å². The van der Waals surface area contributed by atoms with Crippen LogP contribution in [0.25, 0.3) is 10.8 Å². The van der Waals surface area contributed by atoms with Gasteiger partial charge < -0.3 is 43.6 Å². The summed E-state index contributed by atoms with van der Waals surface area (Å²) in [5, 5.41) is 48.6. The summed E-state index contributed by atoms with van der Waals surface area (Å²) in [4.78, 5) is 34.7. The molecule has 2 N–H and O–H groups in total. The van der Waals surface area contributed by atoms with E-state index in [0.717, 1.165) is 53.2 Å². The molecule has 1 amide bonds. The fourth-order valence-electron chi connectivity index (χ4n) is 11.4. The van der Waals surface area contributed by atoms with E-state index in [9.17, 15) is 25.6 Å². The molecule has 10 rings (SSSR count). The van der Waals surface area contributed by atoms with Crippen molar-refractivity contribution in [1.29, 1.82) is 5.26 Å². The largest absolute Gasteiger partial charge is 0.459 e. The predicted octanol–water partition coefficient (Wildman–Crippen LogP) is 11.3. The Kier molecular flexibility index (Phi) is 15.2. The Morgan fingerprint density at radius 2 is 1.57 bits per heavy atom. The van der Waals surface area contributed by atoms with E-state index in [1.54, 1.807) is 47.4 Å². The molecule has 2 heterocycles. The van der Waals surface area contributed by atoms with E-state index in [1.807, 2.05) is 66.7 Å². The van der Waals surface area contributed by atoms with Gasteiger partial charge in [0, 0.05) is 55.4 Å². The lowest BCUT2D eigenvalue weighted by atomic mass is 9.55. The number of rotatable bonds is 21. The van der Waals surface area contributed by atoms with Gasteiger partial charge in [-0.2, -0.15) is 5.26 Å². The molecule has 15 heteroatoms. The average Bonchev–Trinajstić information content (AvgIpc) is 3.93.